The van der Waals surface area contributed by atoms with Gasteiger partial charge in [0.2, 0.25) is 0 Å². The zero-order valence-corrected chi connectivity index (χ0v) is 9.12. The van der Waals surface area contributed by atoms with E-state index < -0.39 is 0 Å². The van der Waals surface area contributed by atoms with Gasteiger partial charge in [-0.05, 0) is 24.3 Å². The van der Waals surface area contributed by atoms with E-state index in [1.165, 1.54) is 0 Å². The van der Waals surface area contributed by atoms with Crippen molar-refractivity contribution in [1.82, 2.24) is 9.97 Å². The van der Waals surface area contributed by atoms with Gasteiger partial charge in [-0.3, -0.25) is 0 Å². The minimum atomic E-state index is 0. The predicted octanol–water partition coefficient (Wildman–Crippen LogP) is 2.83. The molecule has 0 atom stereocenters. The average molecular weight is 236 g/mol. The lowest BCUT2D eigenvalue weighted by Crippen LogP contribution is -1.82. The third-order valence-corrected chi connectivity index (χ3v) is 2.30. The Balaban J connectivity index is 0.000000963. The molecule has 3 N–H and O–H groups in total. The van der Waals surface area contributed by atoms with E-state index >= 15 is 0 Å². The highest BCUT2D eigenvalue weighted by atomic mass is 35.5. The Bertz CT molecular complexity index is 601. The number of nitrogens with two attached hydrogens (primary N) is 1. The lowest BCUT2D eigenvalue weighted by Gasteiger charge is -1.89. The number of fused-ring (bicyclic) bond motifs is 1. The maximum absolute atomic E-state index is 5.69. The highest BCUT2D eigenvalue weighted by Crippen LogP contribution is 2.21. The molecule has 0 aliphatic carbocycles. The molecular formula is C11H10ClN3O. The highest BCUT2D eigenvalue weighted by molar-refractivity contribution is 5.85. The van der Waals surface area contributed by atoms with Crippen molar-refractivity contribution in [2.45, 2.75) is 0 Å². The summed E-state index contributed by atoms with van der Waals surface area (Å²) < 4.78 is 5.00. The number of furan rings is 1. The molecule has 2 heterocycles. The van der Waals surface area contributed by atoms with E-state index in [1.807, 2.05) is 24.3 Å². The standard InChI is InChI=1S/C11H9N3O.ClH/c12-8-1-2-9-10(5-8)14-11(13-9)7-3-4-15-6-7;/h1-6H,12H2,(H,13,14);1H. The van der Waals surface area contributed by atoms with Gasteiger partial charge in [0.15, 0.2) is 0 Å². The van der Waals surface area contributed by atoms with Crippen LogP contribution in [0.15, 0.2) is 41.2 Å². The van der Waals surface area contributed by atoms with Crippen LogP contribution < -0.4 is 5.73 Å². The molecule has 0 radical (unpaired) electrons. The van der Waals surface area contributed by atoms with Crippen LogP contribution in [0.5, 0.6) is 0 Å². The van der Waals surface area contributed by atoms with Gasteiger partial charge in [0.25, 0.3) is 0 Å². The van der Waals surface area contributed by atoms with Gasteiger partial charge in [-0.15, -0.1) is 12.4 Å². The van der Waals surface area contributed by atoms with E-state index in [0.717, 1.165) is 28.1 Å². The quantitative estimate of drug-likeness (QED) is 0.638. The summed E-state index contributed by atoms with van der Waals surface area (Å²) in [5.74, 6) is 0.796. The van der Waals surface area contributed by atoms with Crippen LogP contribution in [0.25, 0.3) is 22.4 Å². The van der Waals surface area contributed by atoms with E-state index in [4.69, 9.17) is 10.2 Å². The van der Waals surface area contributed by atoms with Crippen molar-refractivity contribution in [3.63, 3.8) is 0 Å². The number of imidazole rings is 1. The number of nitrogens with one attached hydrogen (secondary N) is 1. The van der Waals surface area contributed by atoms with Gasteiger partial charge < -0.3 is 15.1 Å². The van der Waals surface area contributed by atoms with Crippen LogP contribution in [-0.4, -0.2) is 9.97 Å². The third-order valence-electron chi connectivity index (χ3n) is 2.30. The number of nitrogen functional groups attached to an aromatic ring is 1. The van der Waals surface area contributed by atoms with Crippen molar-refractivity contribution in [2.24, 2.45) is 0 Å². The Morgan fingerprint density at radius 2 is 2.12 bits per heavy atom. The molecule has 0 saturated heterocycles. The fourth-order valence-electron chi connectivity index (χ4n) is 1.56. The summed E-state index contributed by atoms with van der Waals surface area (Å²) in [6.07, 6.45) is 3.28. The van der Waals surface area contributed by atoms with Crippen molar-refractivity contribution in [3.05, 3.63) is 36.8 Å². The second kappa shape index (κ2) is 3.90. The van der Waals surface area contributed by atoms with Crippen LogP contribution in [0.3, 0.4) is 0 Å². The van der Waals surface area contributed by atoms with Crippen LogP contribution in [-0.2, 0) is 0 Å². The van der Waals surface area contributed by atoms with Gasteiger partial charge >= 0.3 is 0 Å². The van der Waals surface area contributed by atoms with Crippen molar-refractivity contribution in [1.29, 1.82) is 0 Å². The van der Waals surface area contributed by atoms with Crippen molar-refractivity contribution < 1.29 is 4.42 Å². The summed E-state index contributed by atoms with van der Waals surface area (Å²) in [5.41, 5.74) is 9.19. The summed E-state index contributed by atoms with van der Waals surface area (Å²) in [6.45, 7) is 0. The Morgan fingerprint density at radius 1 is 1.25 bits per heavy atom. The SMILES string of the molecule is Cl.Nc1ccc2nc(-c3ccoc3)[nH]c2c1. The van der Waals surface area contributed by atoms with Gasteiger partial charge in [-0.1, -0.05) is 0 Å². The smallest absolute Gasteiger partial charge is 0.141 e. The molecule has 0 spiro atoms. The number of anilines is 1. The van der Waals surface area contributed by atoms with E-state index in [0.29, 0.717) is 0 Å². The topological polar surface area (TPSA) is 67.8 Å². The maximum Gasteiger partial charge on any atom is 0.141 e. The highest BCUT2D eigenvalue weighted by Gasteiger charge is 2.05. The first kappa shape index (κ1) is 10.6. The third kappa shape index (κ3) is 1.63. The molecule has 3 aromatic rings. The second-order valence-corrected chi connectivity index (χ2v) is 3.37. The lowest BCUT2D eigenvalue weighted by molar-refractivity contribution is 0.568. The molecule has 0 unspecified atom stereocenters. The number of halogens is 1. The Hall–Kier alpha value is -1.94. The fraction of sp³-hybridized carbons (Fsp3) is 0. The molecule has 3 rings (SSSR count). The molecule has 5 heteroatoms. The Labute approximate surface area is 97.9 Å². The van der Waals surface area contributed by atoms with Gasteiger partial charge in [0.1, 0.15) is 12.1 Å². The molecule has 0 saturated carbocycles. The monoisotopic (exact) mass is 235 g/mol. The molecular weight excluding hydrogens is 226 g/mol. The maximum atomic E-state index is 5.69. The molecule has 0 amide bonds. The largest absolute Gasteiger partial charge is 0.472 e. The first-order valence-corrected chi connectivity index (χ1v) is 4.61. The first-order valence-electron chi connectivity index (χ1n) is 4.61. The zero-order chi connectivity index (χ0) is 10.3. The summed E-state index contributed by atoms with van der Waals surface area (Å²) in [4.78, 5) is 7.61. The van der Waals surface area contributed by atoms with Crippen LogP contribution >= 0.6 is 12.4 Å². The molecule has 1 aromatic carbocycles. The molecule has 82 valence electrons. The van der Waals surface area contributed by atoms with Crippen molar-refractivity contribution >= 4 is 29.1 Å². The number of aromatic nitrogens is 2. The van der Waals surface area contributed by atoms with E-state index in [2.05, 4.69) is 9.97 Å². The molecule has 2 aromatic heterocycles. The molecule has 4 nitrogen and oxygen atoms in total. The Morgan fingerprint density at radius 3 is 2.88 bits per heavy atom. The van der Waals surface area contributed by atoms with Gasteiger partial charge in [-0.2, -0.15) is 0 Å². The minimum absolute atomic E-state index is 0. The number of hydrogen-bond donors (Lipinski definition) is 2. The Kier molecular flexibility index (Phi) is 2.58. The molecule has 0 bridgehead atoms. The number of nitrogens with zero attached hydrogens (tertiary/aromatic N) is 1. The van der Waals surface area contributed by atoms with Crippen LogP contribution in [0.2, 0.25) is 0 Å². The number of H-pyrrole nitrogens is 1. The number of hydrogen-bond acceptors (Lipinski definition) is 3. The summed E-state index contributed by atoms with van der Waals surface area (Å²) in [6, 6.07) is 7.46. The second-order valence-electron chi connectivity index (χ2n) is 3.37. The molecule has 16 heavy (non-hydrogen) atoms. The van der Waals surface area contributed by atoms with Crippen molar-refractivity contribution in [2.75, 3.05) is 5.73 Å². The van der Waals surface area contributed by atoms with Crippen LogP contribution in [0.4, 0.5) is 5.69 Å². The van der Waals surface area contributed by atoms with Crippen LogP contribution in [0.1, 0.15) is 0 Å². The lowest BCUT2D eigenvalue weighted by atomic mass is 10.3. The normalized spacial score (nSPS) is 10.2. The van der Waals surface area contributed by atoms with Gasteiger partial charge in [-0.25, -0.2) is 4.98 Å². The fourth-order valence-corrected chi connectivity index (χ4v) is 1.56. The molecule has 0 aliphatic rings. The molecule has 0 aliphatic heterocycles. The van der Waals surface area contributed by atoms with Crippen molar-refractivity contribution in [3.8, 4) is 11.4 Å². The zero-order valence-electron chi connectivity index (χ0n) is 8.31. The van der Waals surface area contributed by atoms with E-state index in [9.17, 15) is 0 Å². The number of rotatable bonds is 1. The summed E-state index contributed by atoms with van der Waals surface area (Å²) >= 11 is 0. The first-order chi connectivity index (χ1) is 7.33. The predicted molar refractivity (Wildman–Crippen MR) is 65.5 cm³/mol. The van der Waals surface area contributed by atoms with Gasteiger partial charge in [0, 0.05) is 5.69 Å². The summed E-state index contributed by atoms with van der Waals surface area (Å²) in [5, 5.41) is 0. The summed E-state index contributed by atoms with van der Waals surface area (Å²) in [7, 11) is 0. The number of benzene rings is 1. The van der Waals surface area contributed by atoms with Gasteiger partial charge in [0.05, 0.1) is 22.9 Å². The average Bonchev–Trinajstić information content (AvgIpc) is 2.84. The van der Waals surface area contributed by atoms with E-state index in [1.54, 1.807) is 12.5 Å². The molecule has 0 fully saturated rings. The minimum Gasteiger partial charge on any atom is -0.472 e. The van der Waals surface area contributed by atoms with Crippen LogP contribution in [0, 0.1) is 0 Å². The van der Waals surface area contributed by atoms with E-state index in [-0.39, 0.29) is 12.4 Å². The number of aromatic amines is 1.